The van der Waals surface area contributed by atoms with Crippen LogP contribution in [0, 0.1) is 24.2 Å². The van der Waals surface area contributed by atoms with Crippen molar-refractivity contribution in [2.45, 2.75) is 92.0 Å². The molecule has 2 unspecified atom stereocenters. The molecule has 184 valence electrons. The van der Waals surface area contributed by atoms with Crippen molar-refractivity contribution in [3.05, 3.63) is 33.8 Å². The maximum Gasteiger partial charge on any atom is 0.309 e. The van der Waals surface area contributed by atoms with Crippen molar-refractivity contribution < 1.29 is 24.5 Å². The van der Waals surface area contributed by atoms with Gasteiger partial charge in [0, 0.05) is 17.7 Å². The molecule has 0 bridgehead atoms. The maximum absolute atomic E-state index is 13.1. The Balaban J connectivity index is 2.27. The van der Waals surface area contributed by atoms with Crippen LogP contribution in [-0.4, -0.2) is 45.3 Å². The maximum atomic E-state index is 13.1. The quantitative estimate of drug-likeness (QED) is 0.466. The summed E-state index contributed by atoms with van der Waals surface area (Å²) >= 11 is 1.56. The van der Waals surface area contributed by atoms with Crippen LogP contribution in [0.25, 0.3) is 6.08 Å². The van der Waals surface area contributed by atoms with Crippen molar-refractivity contribution in [3.8, 4) is 0 Å². The van der Waals surface area contributed by atoms with Gasteiger partial charge in [-0.05, 0) is 50.7 Å². The Morgan fingerprint density at radius 3 is 2.58 bits per heavy atom. The molecule has 6 nitrogen and oxygen atoms in total. The van der Waals surface area contributed by atoms with E-state index in [2.05, 4.69) is 11.1 Å². The predicted octanol–water partition coefficient (Wildman–Crippen LogP) is 4.88. The summed E-state index contributed by atoms with van der Waals surface area (Å²) in [5.41, 5.74) is 0.513. The molecule has 0 spiro atoms. The average molecular weight is 478 g/mol. The summed E-state index contributed by atoms with van der Waals surface area (Å²) in [4.78, 5) is 30.3. The molecule has 1 aliphatic heterocycles. The smallest absolute Gasteiger partial charge is 0.309 e. The number of aryl methyl sites for hydroxylation is 1. The van der Waals surface area contributed by atoms with Gasteiger partial charge in [-0.25, -0.2) is 4.98 Å². The Morgan fingerprint density at radius 2 is 1.94 bits per heavy atom. The SMILES string of the molecule is CC(=Cc1csc(C)n1)C1CC=CCCCC(C)[C@H](O)[C@@H](C)C(=O)C(C)(C)[C@@H](O)CC(=O)O1. The van der Waals surface area contributed by atoms with E-state index in [9.17, 15) is 19.8 Å². The summed E-state index contributed by atoms with van der Waals surface area (Å²) in [6.07, 6.45) is 6.28. The van der Waals surface area contributed by atoms with Crippen molar-refractivity contribution in [2.24, 2.45) is 17.3 Å². The number of aliphatic hydroxyl groups excluding tert-OH is 2. The van der Waals surface area contributed by atoms with E-state index in [4.69, 9.17) is 4.74 Å². The molecule has 0 fully saturated rings. The molecule has 1 aromatic heterocycles. The van der Waals surface area contributed by atoms with Gasteiger partial charge in [0.15, 0.2) is 0 Å². The Hall–Kier alpha value is -1.83. The van der Waals surface area contributed by atoms with Crippen LogP contribution in [0.4, 0.5) is 0 Å². The minimum atomic E-state index is -1.21. The fourth-order valence-corrected chi connectivity index (χ4v) is 4.75. The summed E-state index contributed by atoms with van der Waals surface area (Å²) < 4.78 is 5.75. The second-order valence-corrected chi connectivity index (χ2v) is 10.9. The molecule has 0 saturated carbocycles. The first-order valence-electron chi connectivity index (χ1n) is 11.8. The predicted molar refractivity (Wildman–Crippen MR) is 132 cm³/mol. The topological polar surface area (TPSA) is 96.7 Å². The Bertz CT molecular complexity index is 872. The Kier molecular flexibility index (Phi) is 10.0. The Labute approximate surface area is 201 Å². The van der Waals surface area contributed by atoms with E-state index in [1.165, 1.54) is 0 Å². The van der Waals surface area contributed by atoms with Gasteiger partial charge in [-0.15, -0.1) is 11.3 Å². The zero-order valence-electron chi connectivity index (χ0n) is 20.7. The second kappa shape index (κ2) is 12.0. The van der Waals surface area contributed by atoms with E-state index in [1.807, 2.05) is 38.3 Å². The molecular weight excluding hydrogens is 438 g/mol. The second-order valence-electron chi connectivity index (χ2n) is 9.86. The molecule has 1 aromatic rings. The lowest BCUT2D eigenvalue weighted by atomic mass is 9.73. The number of aliphatic hydroxyl groups is 2. The third kappa shape index (κ3) is 7.59. The molecule has 2 heterocycles. The van der Waals surface area contributed by atoms with Gasteiger partial charge in [0.2, 0.25) is 0 Å². The molecule has 5 atom stereocenters. The van der Waals surface area contributed by atoms with E-state index in [0.717, 1.165) is 35.5 Å². The van der Waals surface area contributed by atoms with Gasteiger partial charge in [-0.2, -0.15) is 0 Å². The number of Topliss-reactive ketones (excluding diaryl/α,β-unsaturated/α-hetero) is 1. The molecule has 0 aromatic carbocycles. The third-order valence-electron chi connectivity index (χ3n) is 6.68. The number of thiazole rings is 1. The number of allylic oxidation sites excluding steroid dienone is 1. The summed E-state index contributed by atoms with van der Waals surface area (Å²) in [6.45, 7) is 10.8. The van der Waals surface area contributed by atoms with E-state index in [1.54, 1.807) is 32.1 Å². The van der Waals surface area contributed by atoms with Gasteiger partial charge < -0.3 is 14.9 Å². The number of carbonyl (C=O) groups excluding carboxylic acids is 2. The number of hydrogen-bond acceptors (Lipinski definition) is 7. The van der Waals surface area contributed by atoms with Crippen molar-refractivity contribution in [2.75, 3.05) is 0 Å². The summed E-state index contributed by atoms with van der Waals surface area (Å²) in [7, 11) is 0. The van der Waals surface area contributed by atoms with Crippen LogP contribution in [0.5, 0.6) is 0 Å². The summed E-state index contributed by atoms with van der Waals surface area (Å²) in [5.74, 6) is -1.48. The fraction of sp³-hybridized carbons (Fsp3) is 0.654. The molecule has 2 rings (SSSR count). The van der Waals surface area contributed by atoms with E-state index in [0.29, 0.717) is 6.42 Å². The highest BCUT2D eigenvalue weighted by atomic mass is 32.1. The highest BCUT2D eigenvalue weighted by molar-refractivity contribution is 7.09. The van der Waals surface area contributed by atoms with Crippen LogP contribution in [0.3, 0.4) is 0 Å². The number of carbonyl (C=O) groups is 2. The van der Waals surface area contributed by atoms with Gasteiger partial charge in [0.25, 0.3) is 0 Å². The zero-order chi connectivity index (χ0) is 24.8. The number of ketones is 1. The molecular formula is C26H39NO5S. The highest BCUT2D eigenvalue weighted by Crippen LogP contribution is 2.32. The molecule has 0 radical (unpaired) electrons. The lowest BCUT2D eigenvalue weighted by Crippen LogP contribution is -2.45. The first-order chi connectivity index (χ1) is 15.4. The number of ether oxygens (including phenoxy) is 1. The van der Waals surface area contributed by atoms with E-state index < -0.39 is 35.6 Å². The highest BCUT2D eigenvalue weighted by Gasteiger charge is 2.42. The molecule has 2 N–H and O–H groups in total. The standard InChI is InChI=1S/C26H39NO5S/c1-16-11-9-7-8-10-12-21(17(2)13-20-15-33-19(4)27-20)32-23(29)14-22(28)26(5,6)25(31)18(3)24(16)30/h8,10,13,15-16,18,21-22,24,28,30H,7,9,11-12,14H2,1-6H3/t16?,18-,21?,22+,24+/m1/s1. The summed E-state index contributed by atoms with van der Waals surface area (Å²) in [6, 6.07) is 0. The van der Waals surface area contributed by atoms with Gasteiger partial charge in [-0.1, -0.05) is 39.8 Å². The van der Waals surface area contributed by atoms with Crippen molar-refractivity contribution in [1.29, 1.82) is 0 Å². The van der Waals surface area contributed by atoms with E-state index in [-0.39, 0.29) is 18.1 Å². The fourth-order valence-electron chi connectivity index (χ4n) is 4.18. The van der Waals surface area contributed by atoms with E-state index >= 15 is 0 Å². The van der Waals surface area contributed by atoms with Gasteiger partial charge >= 0.3 is 5.97 Å². The molecule has 1 aliphatic rings. The molecule has 33 heavy (non-hydrogen) atoms. The van der Waals surface area contributed by atoms with Crippen LogP contribution in [0.15, 0.2) is 23.1 Å². The summed E-state index contributed by atoms with van der Waals surface area (Å²) in [5, 5.41) is 24.4. The largest absolute Gasteiger partial charge is 0.457 e. The molecule has 7 heteroatoms. The third-order valence-corrected chi connectivity index (χ3v) is 7.47. The minimum Gasteiger partial charge on any atom is -0.457 e. The Morgan fingerprint density at radius 1 is 1.24 bits per heavy atom. The van der Waals surface area contributed by atoms with Crippen LogP contribution < -0.4 is 0 Å². The number of aromatic nitrogens is 1. The normalized spacial score (nSPS) is 30.8. The molecule has 0 saturated heterocycles. The zero-order valence-corrected chi connectivity index (χ0v) is 21.5. The number of nitrogens with zero attached hydrogens (tertiary/aromatic N) is 1. The number of hydrogen-bond donors (Lipinski definition) is 2. The van der Waals surface area contributed by atoms with Crippen molar-refractivity contribution >= 4 is 29.2 Å². The lowest BCUT2D eigenvalue weighted by Gasteiger charge is -2.34. The van der Waals surface area contributed by atoms with Crippen LogP contribution in [-0.2, 0) is 14.3 Å². The number of cyclic esters (lactones) is 1. The number of rotatable bonds is 2. The average Bonchev–Trinajstić information content (AvgIpc) is 3.16. The van der Waals surface area contributed by atoms with Gasteiger partial charge in [0.05, 0.1) is 34.7 Å². The van der Waals surface area contributed by atoms with Gasteiger partial charge in [-0.3, -0.25) is 9.59 Å². The van der Waals surface area contributed by atoms with Gasteiger partial charge in [0.1, 0.15) is 11.9 Å². The van der Waals surface area contributed by atoms with Crippen molar-refractivity contribution in [3.63, 3.8) is 0 Å². The van der Waals surface area contributed by atoms with Crippen LogP contribution in [0.2, 0.25) is 0 Å². The monoisotopic (exact) mass is 477 g/mol. The first-order valence-corrected chi connectivity index (χ1v) is 12.7. The number of esters is 1. The first kappa shape index (κ1) is 27.4. The van der Waals surface area contributed by atoms with Crippen molar-refractivity contribution in [1.82, 2.24) is 4.98 Å². The molecule has 0 aliphatic carbocycles. The lowest BCUT2D eigenvalue weighted by molar-refractivity contribution is -0.154. The van der Waals surface area contributed by atoms with Crippen LogP contribution >= 0.6 is 11.3 Å². The minimum absolute atomic E-state index is 0.0392. The van der Waals surface area contributed by atoms with Crippen LogP contribution in [0.1, 0.15) is 77.4 Å². The molecule has 0 amide bonds.